The zero-order valence-corrected chi connectivity index (χ0v) is 18.9. The molecule has 0 aliphatic carbocycles. The fourth-order valence-electron chi connectivity index (χ4n) is 3.27. The summed E-state index contributed by atoms with van der Waals surface area (Å²) in [6, 6.07) is 10.8. The lowest BCUT2D eigenvalue weighted by molar-refractivity contribution is -0.871. The van der Waals surface area contributed by atoms with E-state index in [9.17, 15) is 14.7 Å². The topological polar surface area (TPSA) is 82.4 Å². The molecule has 0 aliphatic heterocycles. The van der Waals surface area contributed by atoms with E-state index >= 15 is 0 Å². The zero-order valence-electron chi connectivity index (χ0n) is 18.9. The SMILES string of the molecule is CCCCCc1ccc(C#Cc2ccc(C(=O)NC(CC(=O)[O-])C[N+](C)(C)C)o2)cc1. The summed E-state index contributed by atoms with van der Waals surface area (Å²) >= 11 is 0. The summed E-state index contributed by atoms with van der Waals surface area (Å²) in [5.41, 5.74) is 2.18. The van der Waals surface area contributed by atoms with Gasteiger partial charge >= 0.3 is 0 Å². The van der Waals surface area contributed by atoms with Crippen LogP contribution in [0.5, 0.6) is 0 Å². The number of nitrogens with one attached hydrogen (secondary N) is 1. The van der Waals surface area contributed by atoms with Crippen molar-refractivity contribution < 1.29 is 23.6 Å². The van der Waals surface area contributed by atoms with E-state index in [0.29, 0.717) is 16.8 Å². The molecule has 0 saturated carbocycles. The molecule has 0 aliphatic rings. The van der Waals surface area contributed by atoms with Gasteiger partial charge in [0.25, 0.3) is 5.91 Å². The first kappa shape index (κ1) is 24.2. The molecule has 6 nitrogen and oxygen atoms in total. The Balaban J connectivity index is 1.99. The van der Waals surface area contributed by atoms with Crippen molar-refractivity contribution in [3.63, 3.8) is 0 Å². The van der Waals surface area contributed by atoms with Gasteiger partial charge in [0.1, 0.15) is 0 Å². The summed E-state index contributed by atoms with van der Waals surface area (Å²) < 4.78 is 6.04. The average molecular weight is 425 g/mol. The monoisotopic (exact) mass is 424 g/mol. The van der Waals surface area contributed by atoms with Crippen LogP contribution < -0.4 is 10.4 Å². The van der Waals surface area contributed by atoms with Crippen molar-refractivity contribution in [1.29, 1.82) is 0 Å². The maximum atomic E-state index is 12.5. The van der Waals surface area contributed by atoms with E-state index in [0.717, 1.165) is 12.0 Å². The Labute approximate surface area is 184 Å². The molecule has 0 radical (unpaired) electrons. The Morgan fingerprint density at radius 2 is 1.77 bits per heavy atom. The Hall–Kier alpha value is -3.04. The van der Waals surface area contributed by atoms with E-state index < -0.39 is 17.9 Å². The molecule has 1 unspecified atom stereocenters. The van der Waals surface area contributed by atoms with Gasteiger partial charge in [-0.15, -0.1) is 0 Å². The number of furan rings is 1. The number of unbranched alkanes of at least 4 members (excludes halogenated alkanes) is 2. The van der Waals surface area contributed by atoms with E-state index in [-0.39, 0.29) is 12.2 Å². The van der Waals surface area contributed by atoms with E-state index in [1.807, 2.05) is 33.3 Å². The van der Waals surface area contributed by atoms with Crippen molar-refractivity contribution in [3.8, 4) is 11.8 Å². The molecule has 1 heterocycles. The van der Waals surface area contributed by atoms with Crippen LogP contribution in [-0.2, 0) is 11.2 Å². The van der Waals surface area contributed by atoms with Crippen LogP contribution in [0.15, 0.2) is 40.8 Å². The van der Waals surface area contributed by atoms with Gasteiger partial charge in [0.05, 0.1) is 33.7 Å². The molecular weight excluding hydrogens is 392 g/mol. The molecule has 1 amide bonds. The van der Waals surface area contributed by atoms with Gasteiger partial charge in [-0.1, -0.05) is 37.8 Å². The molecule has 0 bridgehead atoms. The Morgan fingerprint density at radius 3 is 2.39 bits per heavy atom. The molecule has 166 valence electrons. The molecule has 2 aromatic rings. The predicted molar refractivity (Wildman–Crippen MR) is 118 cm³/mol. The van der Waals surface area contributed by atoms with Crippen LogP contribution in [0.4, 0.5) is 0 Å². The summed E-state index contributed by atoms with van der Waals surface area (Å²) in [6.07, 6.45) is 4.45. The molecule has 1 aromatic heterocycles. The molecule has 6 heteroatoms. The Bertz CT molecular complexity index is 927. The van der Waals surface area contributed by atoms with Crippen LogP contribution >= 0.6 is 0 Å². The van der Waals surface area contributed by atoms with Crippen molar-refractivity contribution >= 4 is 11.9 Å². The number of benzene rings is 1. The number of aryl methyl sites for hydroxylation is 1. The van der Waals surface area contributed by atoms with Crippen molar-refractivity contribution in [1.82, 2.24) is 5.32 Å². The van der Waals surface area contributed by atoms with Crippen LogP contribution in [0.25, 0.3) is 0 Å². The lowest BCUT2D eigenvalue weighted by Crippen LogP contribution is -2.50. The summed E-state index contributed by atoms with van der Waals surface area (Å²) in [5, 5.41) is 13.7. The molecule has 1 N–H and O–H groups in total. The minimum absolute atomic E-state index is 0.0975. The lowest BCUT2D eigenvalue weighted by Gasteiger charge is -2.29. The van der Waals surface area contributed by atoms with Gasteiger partial charge in [0.2, 0.25) is 0 Å². The number of carboxylic acid groups (broad SMARTS) is 1. The number of carboxylic acids is 1. The largest absolute Gasteiger partial charge is 0.550 e. The molecule has 31 heavy (non-hydrogen) atoms. The second-order valence-electron chi connectivity index (χ2n) is 8.79. The number of nitrogens with zero attached hydrogens (tertiary/aromatic N) is 1. The van der Waals surface area contributed by atoms with Crippen LogP contribution in [0.3, 0.4) is 0 Å². The van der Waals surface area contributed by atoms with Crippen LogP contribution in [0.1, 0.15) is 60.0 Å². The number of rotatable bonds is 10. The summed E-state index contributed by atoms with van der Waals surface area (Å²) in [5.74, 6) is 4.77. The van der Waals surface area contributed by atoms with Crippen molar-refractivity contribution in [2.45, 2.75) is 45.1 Å². The van der Waals surface area contributed by atoms with E-state index in [2.05, 4.69) is 36.2 Å². The number of carbonyl (C=O) groups excluding carboxylic acids is 2. The number of amides is 1. The second-order valence-corrected chi connectivity index (χ2v) is 8.79. The first-order chi connectivity index (χ1) is 14.7. The standard InChI is InChI=1S/C25H32N2O4/c1-5-6-7-8-19-9-11-20(12-10-19)13-14-22-15-16-23(31-22)25(30)26-21(17-24(28)29)18-27(2,3)4/h9-12,15-16,21H,5-8,17-18H2,1-4H3,(H-,26,28,29,30). The number of carbonyl (C=O) groups is 2. The highest BCUT2D eigenvalue weighted by atomic mass is 16.4. The first-order valence-electron chi connectivity index (χ1n) is 10.7. The highest BCUT2D eigenvalue weighted by Crippen LogP contribution is 2.11. The highest BCUT2D eigenvalue weighted by molar-refractivity contribution is 5.92. The third-order valence-corrected chi connectivity index (χ3v) is 4.70. The van der Waals surface area contributed by atoms with E-state index in [4.69, 9.17) is 4.42 Å². The fourth-order valence-corrected chi connectivity index (χ4v) is 3.27. The fraction of sp³-hybridized carbons (Fsp3) is 0.440. The van der Waals surface area contributed by atoms with Gasteiger partial charge in [-0.05, 0) is 48.6 Å². The van der Waals surface area contributed by atoms with Gasteiger partial charge in [0.15, 0.2) is 11.5 Å². The number of hydrogen-bond acceptors (Lipinski definition) is 4. The normalized spacial score (nSPS) is 12.0. The molecular formula is C25H32N2O4. The smallest absolute Gasteiger partial charge is 0.287 e. The number of hydrogen-bond donors (Lipinski definition) is 1. The molecule has 0 fully saturated rings. The molecule has 1 aromatic carbocycles. The van der Waals surface area contributed by atoms with Gasteiger partial charge in [-0.2, -0.15) is 0 Å². The average Bonchev–Trinajstić information content (AvgIpc) is 3.15. The lowest BCUT2D eigenvalue weighted by atomic mass is 10.1. The zero-order chi connectivity index (χ0) is 22.9. The van der Waals surface area contributed by atoms with Crippen LogP contribution in [-0.4, -0.2) is 50.1 Å². The summed E-state index contributed by atoms with van der Waals surface area (Å²) in [7, 11) is 5.77. The van der Waals surface area contributed by atoms with Gasteiger partial charge < -0.3 is 24.1 Å². The molecule has 0 spiro atoms. The minimum Gasteiger partial charge on any atom is -0.550 e. The summed E-state index contributed by atoms with van der Waals surface area (Å²) in [4.78, 5) is 23.5. The molecule has 2 rings (SSSR count). The molecule has 1 atom stereocenters. The van der Waals surface area contributed by atoms with Crippen molar-refractivity contribution in [2.75, 3.05) is 27.7 Å². The maximum absolute atomic E-state index is 12.5. The van der Waals surface area contributed by atoms with E-state index in [1.54, 1.807) is 6.07 Å². The van der Waals surface area contributed by atoms with Crippen molar-refractivity contribution in [3.05, 3.63) is 59.0 Å². The third kappa shape index (κ3) is 9.10. The number of quaternary nitrogens is 1. The quantitative estimate of drug-likeness (QED) is 0.361. The van der Waals surface area contributed by atoms with Gasteiger partial charge in [0, 0.05) is 18.0 Å². The Morgan fingerprint density at radius 1 is 1.06 bits per heavy atom. The second kappa shape index (κ2) is 11.4. The summed E-state index contributed by atoms with van der Waals surface area (Å²) in [6.45, 7) is 2.64. The van der Waals surface area contributed by atoms with Gasteiger partial charge in [-0.3, -0.25) is 4.79 Å². The minimum atomic E-state index is -1.21. The van der Waals surface area contributed by atoms with E-state index in [1.165, 1.54) is 30.9 Å². The first-order valence-corrected chi connectivity index (χ1v) is 10.7. The number of likely N-dealkylation sites (N-methyl/N-ethyl adjacent to an activating group) is 1. The molecule has 0 saturated heterocycles. The number of aliphatic carboxylic acids is 1. The van der Waals surface area contributed by atoms with Crippen LogP contribution in [0, 0.1) is 11.8 Å². The van der Waals surface area contributed by atoms with Crippen LogP contribution in [0.2, 0.25) is 0 Å². The highest BCUT2D eigenvalue weighted by Gasteiger charge is 2.22. The van der Waals surface area contributed by atoms with Crippen molar-refractivity contribution in [2.24, 2.45) is 0 Å². The third-order valence-electron chi connectivity index (χ3n) is 4.70. The predicted octanol–water partition coefficient (Wildman–Crippen LogP) is 2.36. The Kier molecular flexibility index (Phi) is 8.89. The maximum Gasteiger partial charge on any atom is 0.287 e. The van der Waals surface area contributed by atoms with Gasteiger partial charge in [-0.25, -0.2) is 0 Å².